The summed E-state index contributed by atoms with van der Waals surface area (Å²) in [6, 6.07) is 0.661. The minimum atomic E-state index is 0.467. The smallest absolute Gasteiger partial charge is 0.0965 e. The zero-order valence-electron chi connectivity index (χ0n) is 10.2. The van der Waals surface area contributed by atoms with Gasteiger partial charge in [-0.05, 0) is 31.1 Å². The van der Waals surface area contributed by atoms with Crippen LogP contribution in [0.2, 0.25) is 0 Å². The molecule has 2 rings (SSSR count). The maximum Gasteiger partial charge on any atom is 0.0965 e. The fourth-order valence-corrected chi connectivity index (χ4v) is 2.79. The number of amidine groups is 1. The second-order valence-electron chi connectivity index (χ2n) is 5.72. The molecule has 1 N–H and O–H groups in total. The molecule has 0 radical (unpaired) electrons. The van der Waals surface area contributed by atoms with E-state index in [9.17, 15) is 0 Å². The number of hydrogen-bond acceptors (Lipinski definition) is 2. The Kier molecular flexibility index (Phi) is 3.32. The van der Waals surface area contributed by atoms with Gasteiger partial charge in [0, 0.05) is 19.0 Å². The first kappa shape index (κ1) is 11.0. The van der Waals surface area contributed by atoms with E-state index < -0.39 is 0 Å². The molecule has 86 valence electrons. The molecule has 0 amide bonds. The van der Waals surface area contributed by atoms with E-state index in [0.717, 1.165) is 6.54 Å². The quantitative estimate of drug-likeness (QED) is 0.703. The minimum absolute atomic E-state index is 0.467. The van der Waals surface area contributed by atoms with Crippen LogP contribution in [0.5, 0.6) is 0 Å². The van der Waals surface area contributed by atoms with E-state index in [1.165, 1.54) is 50.8 Å². The van der Waals surface area contributed by atoms with Crippen molar-refractivity contribution in [1.82, 2.24) is 5.32 Å². The van der Waals surface area contributed by atoms with Gasteiger partial charge in [0.15, 0.2) is 0 Å². The monoisotopic (exact) mass is 208 g/mol. The van der Waals surface area contributed by atoms with Crippen molar-refractivity contribution in [3.05, 3.63) is 0 Å². The summed E-state index contributed by atoms with van der Waals surface area (Å²) >= 11 is 0. The highest BCUT2D eigenvalue weighted by Gasteiger charge is 2.34. The molecule has 0 bridgehead atoms. The first-order valence-electron chi connectivity index (χ1n) is 6.48. The van der Waals surface area contributed by atoms with Crippen molar-refractivity contribution in [3.63, 3.8) is 0 Å². The second kappa shape index (κ2) is 4.54. The van der Waals surface area contributed by atoms with Crippen molar-refractivity contribution < 1.29 is 0 Å². The molecule has 0 aromatic rings. The van der Waals surface area contributed by atoms with Gasteiger partial charge in [-0.1, -0.05) is 26.7 Å². The van der Waals surface area contributed by atoms with Crippen molar-refractivity contribution in [2.75, 3.05) is 6.54 Å². The van der Waals surface area contributed by atoms with Crippen LogP contribution in [-0.2, 0) is 0 Å². The summed E-state index contributed by atoms with van der Waals surface area (Å²) in [5.74, 6) is 1.28. The SMILES string of the molecule is CC1(C)CCCC1NC1=NCCCCC1. The van der Waals surface area contributed by atoms with Crippen LogP contribution in [0.25, 0.3) is 0 Å². The molecule has 1 aliphatic carbocycles. The molecule has 15 heavy (non-hydrogen) atoms. The summed E-state index contributed by atoms with van der Waals surface area (Å²) in [5, 5.41) is 3.70. The number of hydrogen-bond donors (Lipinski definition) is 1. The van der Waals surface area contributed by atoms with Crippen LogP contribution in [0, 0.1) is 5.41 Å². The molecule has 1 saturated carbocycles. The number of nitrogens with one attached hydrogen (secondary N) is 1. The predicted molar refractivity (Wildman–Crippen MR) is 65.3 cm³/mol. The van der Waals surface area contributed by atoms with Gasteiger partial charge in [0.05, 0.1) is 5.84 Å². The first-order chi connectivity index (χ1) is 7.18. The summed E-state index contributed by atoms with van der Waals surface area (Å²) in [6.07, 6.45) is 9.18. The van der Waals surface area contributed by atoms with Crippen LogP contribution >= 0.6 is 0 Å². The summed E-state index contributed by atoms with van der Waals surface area (Å²) in [5.41, 5.74) is 0.467. The Balaban J connectivity index is 1.92. The van der Waals surface area contributed by atoms with Gasteiger partial charge in [-0.15, -0.1) is 0 Å². The normalized spacial score (nSPS) is 30.8. The van der Waals surface area contributed by atoms with Gasteiger partial charge < -0.3 is 5.32 Å². The minimum Gasteiger partial charge on any atom is -0.371 e. The van der Waals surface area contributed by atoms with E-state index in [0.29, 0.717) is 11.5 Å². The van der Waals surface area contributed by atoms with Crippen LogP contribution in [-0.4, -0.2) is 18.4 Å². The Bertz CT molecular complexity index is 243. The third-order valence-electron chi connectivity index (χ3n) is 3.97. The first-order valence-corrected chi connectivity index (χ1v) is 6.48. The summed E-state index contributed by atoms with van der Waals surface area (Å²) < 4.78 is 0. The fourth-order valence-electron chi connectivity index (χ4n) is 2.79. The molecule has 0 aromatic carbocycles. The van der Waals surface area contributed by atoms with Crippen molar-refractivity contribution in [1.29, 1.82) is 0 Å². The zero-order valence-corrected chi connectivity index (χ0v) is 10.2. The van der Waals surface area contributed by atoms with E-state index in [-0.39, 0.29) is 0 Å². The van der Waals surface area contributed by atoms with Gasteiger partial charge in [0.1, 0.15) is 0 Å². The lowest BCUT2D eigenvalue weighted by Crippen LogP contribution is -2.41. The molecule has 2 heteroatoms. The van der Waals surface area contributed by atoms with Crippen molar-refractivity contribution in [2.24, 2.45) is 10.4 Å². The predicted octanol–water partition coefficient (Wildman–Crippen LogP) is 3.13. The molecular weight excluding hydrogens is 184 g/mol. The van der Waals surface area contributed by atoms with Crippen LogP contribution in [0.15, 0.2) is 4.99 Å². The van der Waals surface area contributed by atoms with Gasteiger partial charge in [-0.3, -0.25) is 4.99 Å². The van der Waals surface area contributed by atoms with E-state index in [1.54, 1.807) is 0 Å². The molecule has 1 heterocycles. The second-order valence-corrected chi connectivity index (χ2v) is 5.72. The Morgan fingerprint density at radius 3 is 2.80 bits per heavy atom. The average Bonchev–Trinajstić information content (AvgIpc) is 2.43. The molecule has 0 spiro atoms. The molecule has 1 atom stereocenters. The number of rotatable bonds is 1. The molecule has 0 saturated heterocycles. The van der Waals surface area contributed by atoms with Gasteiger partial charge in [0.2, 0.25) is 0 Å². The van der Waals surface area contributed by atoms with Crippen molar-refractivity contribution in [2.45, 2.75) is 64.8 Å². The van der Waals surface area contributed by atoms with Gasteiger partial charge in [-0.2, -0.15) is 0 Å². The van der Waals surface area contributed by atoms with Crippen LogP contribution in [0.3, 0.4) is 0 Å². The highest BCUT2D eigenvalue weighted by molar-refractivity contribution is 5.82. The van der Waals surface area contributed by atoms with Crippen LogP contribution in [0.4, 0.5) is 0 Å². The Hall–Kier alpha value is -0.530. The lowest BCUT2D eigenvalue weighted by atomic mass is 9.87. The molecule has 1 unspecified atom stereocenters. The highest BCUT2D eigenvalue weighted by atomic mass is 15.0. The van der Waals surface area contributed by atoms with E-state index in [4.69, 9.17) is 0 Å². The van der Waals surface area contributed by atoms with Crippen molar-refractivity contribution in [3.8, 4) is 0 Å². The summed E-state index contributed by atoms with van der Waals surface area (Å²) in [6.45, 7) is 5.80. The number of aliphatic imine (C=N–C) groups is 1. The maximum atomic E-state index is 4.66. The third-order valence-corrected chi connectivity index (χ3v) is 3.97. The van der Waals surface area contributed by atoms with Crippen molar-refractivity contribution >= 4 is 5.84 Å². The fraction of sp³-hybridized carbons (Fsp3) is 0.923. The van der Waals surface area contributed by atoms with E-state index in [1.807, 2.05) is 0 Å². The molecule has 0 aromatic heterocycles. The Labute approximate surface area is 93.6 Å². The highest BCUT2D eigenvalue weighted by Crippen LogP contribution is 2.37. The Morgan fingerprint density at radius 1 is 1.20 bits per heavy atom. The summed E-state index contributed by atoms with van der Waals surface area (Å²) in [7, 11) is 0. The van der Waals surface area contributed by atoms with Gasteiger partial charge in [-0.25, -0.2) is 0 Å². The molecule has 1 aliphatic heterocycles. The Morgan fingerprint density at radius 2 is 2.07 bits per heavy atom. The number of nitrogens with zero attached hydrogens (tertiary/aromatic N) is 1. The lowest BCUT2D eigenvalue weighted by Gasteiger charge is -2.29. The molecular formula is C13H24N2. The van der Waals surface area contributed by atoms with Gasteiger partial charge in [0.25, 0.3) is 0 Å². The van der Waals surface area contributed by atoms with E-state index in [2.05, 4.69) is 24.2 Å². The summed E-state index contributed by atoms with van der Waals surface area (Å²) in [4.78, 5) is 4.66. The third kappa shape index (κ3) is 2.73. The van der Waals surface area contributed by atoms with Crippen LogP contribution < -0.4 is 5.32 Å². The lowest BCUT2D eigenvalue weighted by molar-refractivity contribution is 0.310. The largest absolute Gasteiger partial charge is 0.371 e. The molecule has 2 nitrogen and oxygen atoms in total. The zero-order chi connectivity index (χ0) is 10.7. The van der Waals surface area contributed by atoms with Crippen LogP contribution in [0.1, 0.15) is 58.8 Å². The van der Waals surface area contributed by atoms with Gasteiger partial charge >= 0.3 is 0 Å². The maximum absolute atomic E-state index is 4.66. The average molecular weight is 208 g/mol. The topological polar surface area (TPSA) is 24.4 Å². The standard InChI is InChI=1S/C13H24N2/c1-13(2)9-6-7-11(13)15-12-8-4-3-5-10-14-12/h11H,3-10H2,1-2H3,(H,14,15). The van der Waals surface area contributed by atoms with E-state index >= 15 is 0 Å². The molecule has 1 fully saturated rings. The molecule has 2 aliphatic rings.